The molecule has 2 aromatic carbocycles. The zero-order valence-corrected chi connectivity index (χ0v) is 12.2. The molecule has 0 saturated heterocycles. The third-order valence-electron chi connectivity index (χ3n) is 2.87. The molecule has 2 aromatic rings. The molecule has 1 amide bonds. The van der Waals surface area contributed by atoms with E-state index in [1.165, 1.54) is 0 Å². The van der Waals surface area contributed by atoms with Crippen molar-refractivity contribution in [3.8, 4) is 0 Å². The van der Waals surface area contributed by atoms with Crippen LogP contribution in [0.1, 0.15) is 10.4 Å². The normalized spacial score (nSPS) is 10.3. The molecule has 0 bridgehead atoms. The first-order chi connectivity index (χ1) is 11.2. The highest BCUT2D eigenvalue weighted by Gasteiger charge is 2.27. The number of carbonyl (C=O) groups excluding carboxylic acids is 1. The molecule has 0 atom stereocenters. The van der Waals surface area contributed by atoms with Gasteiger partial charge >= 0.3 is 0 Å². The number of amides is 1. The fourth-order valence-corrected chi connectivity index (χ4v) is 2.02. The fraction of sp³-hybridized carbons (Fsp3) is 0. The first-order valence-electron chi connectivity index (χ1n) is 6.09. The molecule has 0 aliphatic heterocycles. The SMILES string of the molecule is O=C(Nc1ccc(F)cc1F)c1cc([N+](=O)[O-])c(Cl)c([N+](=O)[O-])c1. The molecule has 0 spiro atoms. The van der Waals surface area contributed by atoms with Gasteiger partial charge in [0, 0.05) is 18.2 Å². The summed E-state index contributed by atoms with van der Waals surface area (Å²) in [5.74, 6) is -3.02. The Morgan fingerprint density at radius 1 is 1.04 bits per heavy atom. The Morgan fingerprint density at radius 3 is 2.04 bits per heavy atom. The Bertz CT molecular complexity index is 840. The van der Waals surface area contributed by atoms with Crippen LogP contribution < -0.4 is 5.32 Å². The molecule has 0 aliphatic carbocycles. The molecular weight excluding hydrogens is 352 g/mol. The molecule has 0 aromatic heterocycles. The summed E-state index contributed by atoms with van der Waals surface area (Å²) in [5.41, 5.74) is -2.59. The van der Waals surface area contributed by atoms with Crippen molar-refractivity contribution in [3.63, 3.8) is 0 Å². The second kappa shape index (κ2) is 6.54. The van der Waals surface area contributed by atoms with E-state index < -0.39 is 55.0 Å². The summed E-state index contributed by atoms with van der Waals surface area (Å²) in [5, 5.41) is 23.1. The number of hydrogen-bond acceptors (Lipinski definition) is 5. The van der Waals surface area contributed by atoms with E-state index in [1.54, 1.807) is 0 Å². The van der Waals surface area contributed by atoms with Crippen molar-refractivity contribution in [1.82, 2.24) is 0 Å². The number of nitrogens with zero attached hydrogens (tertiary/aromatic N) is 2. The van der Waals surface area contributed by atoms with Crippen LogP contribution in [0.3, 0.4) is 0 Å². The Balaban J connectivity index is 2.45. The minimum Gasteiger partial charge on any atom is -0.319 e. The van der Waals surface area contributed by atoms with Crippen molar-refractivity contribution in [2.45, 2.75) is 0 Å². The van der Waals surface area contributed by atoms with Crippen molar-refractivity contribution in [3.05, 3.63) is 72.8 Å². The topological polar surface area (TPSA) is 115 Å². The Labute approximate surface area is 137 Å². The molecule has 0 unspecified atom stereocenters. The standard InChI is InChI=1S/C13H6ClF2N3O5/c14-12-10(18(21)22)3-6(4-11(12)19(23)24)13(20)17-9-2-1-7(15)5-8(9)16/h1-5H,(H,17,20). The molecule has 24 heavy (non-hydrogen) atoms. The molecule has 0 aliphatic rings. The zero-order valence-electron chi connectivity index (χ0n) is 11.5. The number of nitrogens with one attached hydrogen (secondary N) is 1. The minimum atomic E-state index is -1.08. The third-order valence-corrected chi connectivity index (χ3v) is 3.26. The predicted molar refractivity (Wildman–Crippen MR) is 79.1 cm³/mol. The van der Waals surface area contributed by atoms with Gasteiger partial charge in [-0.05, 0) is 12.1 Å². The number of carbonyl (C=O) groups is 1. The lowest BCUT2D eigenvalue weighted by Crippen LogP contribution is -2.14. The van der Waals surface area contributed by atoms with Crippen molar-refractivity contribution < 1.29 is 23.4 Å². The van der Waals surface area contributed by atoms with Gasteiger partial charge in [-0.25, -0.2) is 8.78 Å². The predicted octanol–water partition coefficient (Wildman–Crippen LogP) is 3.69. The first-order valence-corrected chi connectivity index (χ1v) is 6.47. The minimum absolute atomic E-state index is 0.401. The van der Waals surface area contributed by atoms with Crippen LogP contribution in [0.2, 0.25) is 5.02 Å². The summed E-state index contributed by atoms with van der Waals surface area (Å²) >= 11 is 5.56. The summed E-state index contributed by atoms with van der Waals surface area (Å²) in [4.78, 5) is 31.8. The van der Waals surface area contributed by atoms with E-state index in [9.17, 15) is 33.8 Å². The quantitative estimate of drug-likeness (QED) is 0.661. The van der Waals surface area contributed by atoms with Crippen molar-refractivity contribution in [2.75, 3.05) is 5.32 Å². The summed E-state index contributed by atoms with van der Waals surface area (Å²) in [6.45, 7) is 0. The van der Waals surface area contributed by atoms with Gasteiger partial charge in [0.1, 0.15) is 11.6 Å². The monoisotopic (exact) mass is 357 g/mol. The number of rotatable bonds is 4. The van der Waals surface area contributed by atoms with Gasteiger partial charge in [-0.1, -0.05) is 11.6 Å². The molecule has 11 heteroatoms. The van der Waals surface area contributed by atoms with Crippen LogP contribution in [0.4, 0.5) is 25.8 Å². The van der Waals surface area contributed by atoms with Gasteiger partial charge in [0.15, 0.2) is 5.02 Å². The highest BCUT2D eigenvalue weighted by molar-refractivity contribution is 6.35. The van der Waals surface area contributed by atoms with E-state index in [2.05, 4.69) is 0 Å². The van der Waals surface area contributed by atoms with Gasteiger partial charge in [0.2, 0.25) is 0 Å². The number of halogens is 3. The van der Waals surface area contributed by atoms with Crippen LogP contribution in [-0.4, -0.2) is 15.8 Å². The van der Waals surface area contributed by atoms with Gasteiger partial charge in [-0.15, -0.1) is 0 Å². The van der Waals surface area contributed by atoms with E-state index in [4.69, 9.17) is 11.6 Å². The van der Waals surface area contributed by atoms with Crippen molar-refractivity contribution >= 4 is 34.6 Å². The van der Waals surface area contributed by atoms with Crippen LogP contribution in [0.5, 0.6) is 0 Å². The van der Waals surface area contributed by atoms with Gasteiger partial charge in [-0.3, -0.25) is 25.0 Å². The Kier molecular flexibility index (Phi) is 4.69. The number of benzene rings is 2. The average Bonchev–Trinajstić information content (AvgIpc) is 2.49. The number of hydrogen-bond donors (Lipinski definition) is 1. The van der Waals surface area contributed by atoms with Crippen LogP contribution in [0, 0.1) is 31.9 Å². The first kappa shape index (κ1) is 17.2. The van der Waals surface area contributed by atoms with Crippen LogP contribution in [-0.2, 0) is 0 Å². The third kappa shape index (κ3) is 3.43. The highest BCUT2D eigenvalue weighted by Crippen LogP contribution is 2.35. The molecule has 2 rings (SSSR count). The van der Waals surface area contributed by atoms with Crippen LogP contribution in [0.25, 0.3) is 0 Å². The van der Waals surface area contributed by atoms with E-state index in [0.717, 1.165) is 12.1 Å². The lowest BCUT2D eigenvalue weighted by molar-refractivity contribution is -0.393. The molecule has 8 nitrogen and oxygen atoms in total. The van der Waals surface area contributed by atoms with E-state index in [-0.39, 0.29) is 0 Å². The maximum atomic E-state index is 13.5. The van der Waals surface area contributed by atoms with Crippen molar-refractivity contribution in [2.24, 2.45) is 0 Å². The Hall–Kier alpha value is -3.14. The van der Waals surface area contributed by atoms with Gasteiger partial charge in [0.05, 0.1) is 21.1 Å². The molecular formula is C13H6ClF2N3O5. The highest BCUT2D eigenvalue weighted by atomic mass is 35.5. The largest absolute Gasteiger partial charge is 0.319 e. The van der Waals surface area contributed by atoms with Crippen LogP contribution in [0.15, 0.2) is 30.3 Å². The maximum Gasteiger partial charge on any atom is 0.295 e. The molecule has 0 heterocycles. The summed E-state index contributed by atoms with van der Waals surface area (Å²) in [6.07, 6.45) is 0. The summed E-state index contributed by atoms with van der Waals surface area (Å²) in [7, 11) is 0. The van der Waals surface area contributed by atoms with E-state index >= 15 is 0 Å². The molecule has 0 fully saturated rings. The Morgan fingerprint density at radius 2 is 1.58 bits per heavy atom. The van der Waals surface area contributed by atoms with E-state index in [0.29, 0.717) is 18.2 Å². The summed E-state index contributed by atoms with van der Waals surface area (Å²) < 4.78 is 26.3. The average molecular weight is 358 g/mol. The molecule has 0 radical (unpaired) electrons. The number of nitro benzene ring substituents is 2. The molecule has 0 saturated carbocycles. The maximum absolute atomic E-state index is 13.5. The molecule has 124 valence electrons. The van der Waals surface area contributed by atoms with E-state index in [1.807, 2.05) is 5.32 Å². The molecule has 1 N–H and O–H groups in total. The smallest absolute Gasteiger partial charge is 0.295 e. The van der Waals surface area contributed by atoms with Gasteiger partial charge < -0.3 is 5.32 Å². The fourth-order valence-electron chi connectivity index (χ4n) is 1.78. The second-order valence-corrected chi connectivity index (χ2v) is 4.80. The lowest BCUT2D eigenvalue weighted by atomic mass is 10.1. The second-order valence-electron chi connectivity index (χ2n) is 4.42. The van der Waals surface area contributed by atoms with Gasteiger partial charge in [0.25, 0.3) is 17.3 Å². The van der Waals surface area contributed by atoms with Crippen molar-refractivity contribution in [1.29, 1.82) is 0 Å². The number of anilines is 1. The lowest BCUT2D eigenvalue weighted by Gasteiger charge is -2.07. The van der Waals surface area contributed by atoms with Crippen LogP contribution >= 0.6 is 11.6 Å². The zero-order chi connectivity index (χ0) is 18.0. The summed E-state index contributed by atoms with van der Waals surface area (Å²) in [6, 6.07) is 3.76. The number of nitro groups is 2. The van der Waals surface area contributed by atoms with Gasteiger partial charge in [-0.2, -0.15) is 0 Å².